The molecular weight excluding hydrogens is 260 g/mol. The molecule has 110 valence electrons. The van der Waals surface area contributed by atoms with Gasteiger partial charge in [0.15, 0.2) is 0 Å². The maximum Gasteiger partial charge on any atom is 0.242 e. The Labute approximate surface area is 120 Å². The van der Waals surface area contributed by atoms with Gasteiger partial charge in [0.2, 0.25) is 5.91 Å². The Morgan fingerprint density at radius 3 is 2.84 bits per heavy atom. The highest BCUT2D eigenvalue weighted by Crippen LogP contribution is 2.26. The number of nitrogens with two attached hydrogens (primary N) is 1. The van der Waals surface area contributed by atoms with Gasteiger partial charge >= 0.3 is 0 Å². The van der Waals surface area contributed by atoms with Gasteiger partial charge in [0.25, 0.3) is 0 Å². The van der Waals surface area contributed by atoms with E-state index in [0.717, 1.165) is 25.3 Å². The Bertz CT molecular complexity index is 306. The molecule has 4 nitrogen and oxygen atoms in total. The van der Waals surface area contributed by atoms with Gasteiger partial charge in [0.05, 0.1) is 5.54 Å². The van der Waals surface area contributed by atoms with Gasteiger partial charge in [0, 0.05) is 31.6 Å². The molecule has 0 saturated carbocycles. The maximum absolute atomic E-state index is 12.7. The number of likely N-dealkylation sites (tertiary alicyclic amines) is 1. The molecule has 2 heterocycles. The minimum absolute atomic E-state index is 0.152. The van der Waals surface area contributed by atoms with Crippen LogP contribution in [-0.4, -0.2) is 53.7 Å². The minimum atomic E-state index is -0.677. The predicted molar refractivity (Wildman–Crippen MR) is 79.3 cm³/mol. The molecule has 2 rings (SSSR count). The van der Waals surface area contributed by atoms with Crippen molar-refractivity contribution < 1.29 is 9.53 Å². The minimum Gasteiger partial charge on any atom is -0.381 e. The van der Waals surface area contributed by atoms with E-state index in [0.29, 0.717) is 31.3 Å². The number of thioether (sulfide) groups is 1. The highest BCUT2D eigenvalue weighted by Gasteiger charge is 2.39. The van der Waals surface area contributed by atoms with Crippen molar-refractivity contribution in [3.63, 3.8) is 0 Å². The summed E-state index contributed by atoms with van der Waals surface area (Å²) in [4.78, 5) is 14.7. The number of amides is 1. The van der Waals surface area contributed by atoms with E-state index < -0.39 is 5.54 Å². The summed E-state index contributed by atoms with van der Waals surface area (Å²) in [5.41, 5.74) is 5.65. The lowest BCUT2D eigenvalue weighted by molar-refractivity contribution is -0.140. The third-order valence-corrected chi connectivity index (χ3v) is 5.32. The summed E-state index contributed by atoms with van der Waals surface area (Å²) in [6.45, 7) is 5.16. The van der Waals surface area contributed by atoms with E-state index in [-0.39, 0.29) is 5.91 Å². The molecule has 1 unspecified atom stereocenters. The molecule has 1 atom stereocenters. The van der Waals surface area contributed by atoms with Gasteiger partial charge in [-0.2, -0.15) is 11.8 Å². The number of carbonyl (C=O) groups excluding carboxylic acids is 1. The molecule has 1 amide bonds. The van der Waals surface area contributed by atoms with Gasteiger partial charge in [-0.1, -0.05) is 13.3 Å². The van der Waals surface area contributed by atoms with Crippen LogP contribution in [0.2, 0.25) is 0 Å². The summed E-state index contributed by atoms with van der Waals surface area (Å²) in [7, 11) is 0. The van der Waals surface area contributed by atoms with Crippen LogP contribution in [0.15, 0.2) is 0 Å². The molecular formula is C14H26N2O2S. The van der Waals surface area contributed by atoms with E-state index >= 15 is 0 Å². The van der Waals surface area contributed by atoms with Crippen molar-refractivity contribution in [3.8, 4) is 0 Å². The van der Waals surface area contributed by atoms with Crippen molar-refractivity contribution in [2.75, 3.05) is 32.1 Å². The highest BCUT2D eigenvalue weighted by atomic mass is 32.2. The van der Waals surface area contributed by atoms with Crippen molar-refractivity contribution >= 4 is 17.7 Å². The molecule has 2 aliphatic rings. The Morgan fingerprint density at radius 2 is 2.16 bits per heavy atom. The first-order valence-electron chi connectivity index (χ1n) is 7.43. The zero-order valence-corrected chi connectivity index (χ0v) is 12.7. The number of hydrogen-bond donors (Lipinski definition) is 1. The van der Waals surface area contributed by atoms with E-state index in [1.807, 2.05) is 16.7 Å². The molecule has 0 aliphatic carbocycles. The third-order valence-electron chi connectivity index (χ3n) is 4.13. The zero-order valence-electron chi connectivity index (χ0n) is 11.9. The van der Waals surface area contributed by atoms with Gasteiger partial charge in [-0.15, -0.1) is 0 Å². The normalized spacial score (nSPS) is 27.9. The van der Waals surface area contributed by atoms with Crippen LogP contribution in [0.1, 0.15) is 39.0 Å². The molecule has 2 fully saturated rings. The van der Waals surface area contributed by atoms with Gasteiger partial charge in [0.1, 0.15) is 0 Å². The van der Waals surface area contributed by atoms with E-state index in [2.05, 4.69) is 6.92 Å². The van der Waals surface area contributed by atoms with Crippen LogP contribution >= 0.6 is 11.8 Å². The van der Waals surface area contributed by atoms with E-state index in [4.69, 9.17) is 10.5 Å². The Morgan fingerprint density at radius 1 is 1.42 bits per heavy atom. The van der Waals surface area contributed by atoms with E-state index in [9.17, 15) is 4.79 Å². The van der Waals surface area contributed by atoms with Crippen molar-refractivity contribution in [1.29, 1.82) is 0 Å². The van der Waals surface area contributed by atoms with Crippen LogP contribution in [0.4, 0.5) is 0 Å². The smallest absolute Gasteiger partial charge is 0.242 e. The first-order valence-corrected chi connectivity index (χ1v) is 8.48. The summed E-state index contributed by atoms with van der Waals surface area (Å²) in [6.07, 6.45) is 4.88. The zero-order chi connectivity index (χ0) is 13.7. The molecule has 2 N–H and O–H groups in total. The summed E-state index contributed by atoms with van der Waals surface area (Å²) < 4.78 is 5.33. The number of hydrogen-bond acceptors (Lipinski definition) is 4. The second kappa shape index (κ2) is 6.95. The number of ether oxygens (including phenoxy) is 1. The summed E-state index contributed by atoms with van der Waals surface area (Å²) in [5.74, 6) is 1.27. The lowest BCUT2D eigenvalue weighted by Gasteiger charge is -2.37. The molecule has 2 saturated heterocycles. The van der Waals surface area contributed by atoms with Crippen LogP contribution in [0.5, 0.6) is 0 Å². The summed E-state index contributed by atoms with van der Waals surface area (Å²) >= 11 is 1.97. The Kier molecular flexibility index (Phi) is 5.54. The SMILES string of the molecule is CCSC1CCCCN(C(=O)C2(N)CCOCC2)C1. The topological polar surface area (TPSA) is 55.6 Å². The fourth-order valence-corrected chi connectivity index (χ4v) is 4.01. The van der Waals surface area contributed by atoms with Gasteiger partial charge in [-0.25, -0.2) is 0 Å². The second-order valence-electron chi connectivity index (χ2n) is 5.59. The van der Waals surface area contributed by atoms with Crippen LogP contribution in [0.25, 0.3) is 0 Å². The van der Waals surface area contributed by atoms with Gasteiger partial charge in [-0.3, -0.25) is 4.79 Å². The average Bonchev–Trinajstić information content (AvgIpc) is 2.65. The van der Waals surface area contributed by atoms with E-state index in [1.165, 1.54) is 12.8 Å². The number of rotatable bonds is 3. The van der Waals surface area contributed by atoms with Gasteiger partial charge in [-0.05, 0) is 31.4 Å². The second-order valence-corrected chi connectivity index (χ2v) is 7.17. The van der Waals surface area contributed by atoms with Gasteiger partial charge < -0.3 is 15.4 Å². The van der Waals surface area contributed by atoms with Crippen molar-refractivity contribution in [3.05, 3.63) is 0 Å². The molecule has 0 aromatic carbocycles. The molecule has 5 heteroatoms. The summed E-state index contributed by atoms with van der Waals surface area (Å²) in [5, 5.41) is 0.583. The fourth-order valence-electron chi connectivity index (χ4n) is 2.92. The number of nitrogens with zero attached hydrogens (tertiary/aromatic N) is 1. The van der Waals surface area contributed by atoms with Crippen molar-refractivity contribution in [2.45, 2.75) is 49.8 Å². The summed E-state index contributed by atoms with van der Waals surface area (Å²) in [6, 6.07) is 0. The van der Waals surface area contributed by atoms with Crippen molar-refractivity contribution in [1.82, 2.24) is 4.90 Å². The predicted octanol–water partition coefficient (Wildman–Crippen LogP) is 1.63. The molecule has 0 aromatic heterocycles. The molecule has 0 bridgehead atoms. The lowest BCUT2D eigenvalue weighted by atomic mass is 9.89. The fraction of sp³-hybridized carbons (Fsp3) is 0.929. The average molecular weight is 286 g/mol. The lowest BCUT2D eigenvalue weighted by Crippen LogP contribution is -2.58. The van der Waals surface area contributed by atoms with Crippen LogP contribution in [-0.2, 0) is 9.53 Å². The third kappa shape index (κ3) is 3.86. The molecule has 0 radical (unpaired) electrons. The Balaban J connectivity index is 1.99. The van der Waals surface area contributed by atoms with Crippen LogP contribution < -0.4 is 5.73 Å². The van der Waals surface area contributed by atoms with E-state index in [1.54, 1.807) is 0 Å². The molecule has 0 spiro atoms. The van der Waals surface area contributed by atoms with Crippen LogP contribution in [0.3, 0.4) is 0 Å². The van der Waals surface area contributed by atoms with Crippen molar-refractivity contribution in [2.24, 2.45) is 5.73 Å². The molecule has 19 heavy (non-hydrogen) atoms. The first kappa shape index (κ1) is 15.1. The standard InChI is InChI=1S/C14H26N2O2S/c1-2-19-12-5-3-4-8-16(11-12)13(17)14(15)6-9-18-10-7-14/h12H,2-11,15H2,1H3. The quantitative estimate of drug-likeness (QED) is 0.857. The molecule has 2 aliphatic heterocycles. The highest BCUT2D eigenvalue weighted by molar-refractivity contribution is 7.99. The maximum atomic E-state index is 12.7. The van der Waals surface area contributed by atoms with Crippen LogP contribution in [0, 0.1) is 0 Å². The Hall–Kier alpha value is -0.260. The number of carbonyl (C=O) groups is 1. The first-order chi connectivity index (χ1) is 9.15. The monoisotopic (exact) mass is 286 g/mol. The molecule has 0 aromatic rings. The largest absolute Gasteiger partial charge is 0.381 e.